The molecule has 0 amide bonds. The first-order valence-electron chi connectivity index (χ1n) is 5.02. The second kappa shape index (κ2) is 2.21. The Balaban J connectivity index is 1.91. The third-order valence-corrected chi connectivity index (χ3v) is 4.24. The van der Waals surface area contributed by atoms with Crippen molar-refractivity contribution < 1.29 is 4.79 Å². The number of carbonyl (C=O) groups excluding carboxylic acids is 1. The Morgan fingerprint density at radius 2 is 2.17 bits per heavy atom. The molecule has 0 heterocycles. The molecule has 0 N–H and O–H groups in total. The van der Waals surface area contributed by atoms with Crippen LogP contribution in [0.5, 0.6) is 0 Å². The van der Waals surface area contributed by atoms with Crippen LogP contribution < -0.4 is 0 Å². The van der Waals surface area contributed by atoms with Crippen LogP contribution in [0.4, 0.5) is 0 Å². The minimum absolute atomic E-state index is 0.402. The molecule has 12 heavy (non-hydrogen) atoms. The topological polar surface area (TPSA) is 17.1 Å². The maximum absolute atomic E-state index is 10.8. The van der Waals surface area contributed by atoms with E-state index in [0.29, 0.717) is 5.92 Å². The van der Waals surface area contributed by atoms with Crippen molar-refractivity contribution in [1.82, 2.24) is 0 Å². The van der Waals surface area contributed by atoms with E-state index in [9.17, 15) is 4.79 Å². The third kappa shape index (κ3) is 0.675. The van der Waals surface area contributed by atoms with E-state index in [0.717, 1.165) is 23.7 Å². The van der Waals surface area contributed by atoms with Gasteiger partial charge in [-0.1, -0.05) is 12.2 Å². The van der Waals surface area contributed by atoms with Crippen molar-refractivity contribution >= 4 is 6.29 Å². The summed E-state index contributed by atoms with van der Waals surface area (Å²) in [6.07, 6.45) is 9.71. The van der Waals surface area contributed by atoms with Gasteiger partial charge in [0.2, 0.25) is 0 Å². The van der Waals surface area contributed by atoms with E-state index in [1.807, 2.05) is 0 Å². The van der Waals surface area contributed by atoms with Gasteiger partial charge in [-0.05, 0) is 42.9 Å². The van der Waals surface area contributed by atoms with Gasteiger partial charge in [0.1, 0.15) is 6.29 Å². The summed E-state index contributed by atoms with van der Waals surface area (Å²) in [6, 6.07) is 0. The van der Waals surface area contributed by atoms with Gasteiger partial charge in [-0.15, -0.1) is 0 Å². The van der Waals surface area contributed by atoms with E-state index in [1.54, 1.807) is 0 Å². The zero-order chi connectivity index (χ0) is 8.13. The molecule has 1 nitrogen and oxygen atoms in total. The quantitative estimate of drug-likeness (QED) is 0.426. The Kier molecular flexibility index (Phi) is 1.27. The third-order valence-electron chi connectivity index (χ3n) is 4.24. The molecule has 3 aliphatic rings. The van der Waals surface area contributed by atoms with Crippen molar-refractivity contribution in [3.63, 3.8) is 0 Å². The first-order chi connectivity index (χ1) is 5.90. The summed E-state index contributed by atoms with van der Waals surface area (Å²) < 4.78 is 0. The molecule has 2 bridgehead atoms. The number of hydrogen-bond donors (Lipinski definition) is 0. The monoisotopic (exact) mass is 162 g/mol. The first kappa shape index (κ1) is 6.88. The molecule has 0 aromatic heterocycles. The molecule has 0 spiro atoms. The molecule has 0 saturated heterocycles. The standard InChI is InChI=1S/C11H14O/c12-6-8-4-7-5-11(8)10-3-1-2-9(7)10/h1,3,6-11H,2,4-5H2/t7-,8+,9-,10-,11-/m0/s1. The Morgan fingerprint density at radius 1 is 1.25 bits per heavy atom. The normalized spacial score (nSPS) is 54.5. The van der Waals surface area contributed by atoms with Crippen molar-refractivity contribution in [2.75, 3.05) is 0 Å². The molecule has 0 aliphatic heterocycles. The van der Waals surface area contributed by atoms with Gasteiger partial charge >= 0.3 is 0 Å². The van der Waals surface area contributed by atoms with E-state index >= 15 is 0 Å². The predicted octanol–water partition coefficient (Wildman–Crippen LogP) is 2.03. The molecule has 0 radical (unpaired) electrons. The van der Waals surface area contributed by atoms with Crippen LogP contribution in [0.3, 0.4) is 0 Å². The lowest BCUT2D eigenvalue weighted by molar-refractivity contribution is -0.113. The average molecular weight is 162 g/mol. The molecule has 2 fully saturated rings. The van der Waals surface area contributed by atoms with E-state index in [2.05, 4.69) is 12.2 Å². The van der Waals surface area contributed by atoms with E-state index in [4.69, 9.17) is 0 Å². The Morgan fingerprint density at radius 3 is 3.00 bits per heavy atom. The largest absolute Gasteiger partial charge is 0.303 e. The molecular formula is C11H14O. The Labute approximate surface area is 72.8 Å². The summed E-state index contributed by atoms with van der Waals surface area (Å²) in [7, 11) is 0. The molecular weight excluding hydrogens is 148 g/mol. The highest BCUT2D eigenvalue weighted by Gasteiger charge is 2.52. The summed E-state index contributed by atoms with van der Waals surface area (Å²) in [6.45, 7) is 0. The van der Waals surface area contributed by atoms with Crippen molar-refractivity contribution in [3.05, 3.63) is 12.2 Å². The smallest absolute Gasteiger partial charge is 0.123 e. The summed E-state index contributed by atoms with van der Waals surface area (Å²) >= 11 is 0. The fraction of sp³-hybridized carbons (Fsp3) is 0.727. The number of aldehydes is 1. The van der Waals surface area contributed by atoms with Gasteiger partial charge in [-0.2, -0.15) is 0 Å². The minimum Gasteiger partial charge on any atom is -0.303 e. The zero-order valence-electron chi connectivity index (χ0n) is 7.15. The SMILES string of the molecule is O=C[C@H]1C[C@H]2C[C@@H]1[C@H]1C=CC[C@@H]21. The lowest BCUT2D eigenvalue weighted by Gasteiger charge is -2.27. The van der Waals surface area contributed by atoms with E-state index in [1.165, 1.54) is 25.5 Å². The van der Waals surface area contributed by atoms with Gasteiger partial charge in [-0.3, -0.25) is 0 Å². The molecule has 3 rings (SSSR count). The Hall–Kier alpha value is -0.590. The van der Waals surface area contributed by atoms with Gasteiger partial charge in [-0.25, -0.2) is 0 Å². The number of rotatable bonds is 1. The maximum atomic E-state index is 10.8. The summed E-state index contributed by atoms with van der Waals surface area (Å²) in [5, 5.41) is 0. The summed E-state index contributed by atoms with van der Waals surface area (Å²) in [5.74, 6) is 3.70. The zero-order valence-corrected chi connectivity index (χ0v) is 7.15. The number of fused-ring (bicyclic) bond motifs is 5. The van der Waals surface area contributed by atoms with Gasteiger partial charge in [0.25, 0.3) is 0 Å². The molecule has 64 valence electrons. The highest BCUT2D eigenvalue weighted by Crippen LogP contribution is 2.58. The van der Waals surface area contributed by atoms with Crippen LogP contribution >= 0.6 is 0 Å². The van der Waals surface area contributed by atoms with E-state index < -0.39 is 0 Å². The molecule has 0 unspecified atom stereocenters. The summed E-state index contributed by atoms with van der Waals surface area (Å²) in [5.41, 5.74) is 0. The van der Waals surface area contributed by atoms with Gasteiger partial charge in [0.05, 0.1) is 0 Å². The number of allylic oxidation sites excluding steroid dienone is 2. The fourth-order valence-electron chi connectivity index (χ4n) is 3.75. The van der Waals surface area contributed by atoms with Crippen molar-refractivity contribution in [3.8, 4) is 0 Å². The molecule has 2 saturated carbocycles. The van der Waals surface area contributed by atoms with Gasteiger partial charge in [0, 0.05) is 5.92 Å². The van der Waals surface area contributed by atoms with Crippen molar-refractivity contribution in [1.29, 1.82) is 0 Å². The molecule has 3 aliphatic carbocycles. The van der Waals surface area contributed by atoms with Crippen LogP contribution in [0.1, 0.15) is 19.3 Å². The van der Waals surface area contributed by atoms with Crippen LogP contribution in [0.25, 0.3) is 0 Å². The second-order valence-electron chi connectivity index (χ2n) is 4.60. The molecule has 0 aromatic carbocycles. The van der Waals surface area contributed by atoms with Gasteiger partial charge in [0.15, 0.2) is 0 Å². The highest BCUT2D eigenvalue weighted by molar-refractivity contribution is 5.55. The summed E-state index contributed by atoms with van der Waals surface area (Å²) in [4.78, 5) is 10.8. The first-order valence-corrected chi connectivity index (χ1v) is 5.02. The maximum Gasteiger partial charge on any atom is 0.123 e. The highest BCUT2D eigenvalue weighted by atomic mass is 16.1. The number of carbonyl (C=O) groups is 1. The minimum atomic E-state index is 0.402. The van der Waals surface area contributed by atoms with Crippen LogP contribution in [-0.4, -0.2) is 6.29 Å². The lowest BCUT2D eigenvalue weighted by atomic mass is 9.76. The van der Waals surface area contributed by atoms with Crippen molar-refractivity contribution in [2.45, 2.75) is 19.3 Å². The van der Waals surface area contributed by atoms with E-state index in [-0.39, 0.29) is 0 Å². The fourth-order valence-corrected chi connectivity index (χ4v) is 3.75. The molecule has 5 atom stereocenters. The van der Waals surface area contributed by atoms with Crippen LogP contribution in [0, 0.1) is 29.6 Å². The van der Waals surface area contributed by atoms with Crippen LogP contribution in [0.15, 0.2) is 12.2 Å². The number of hydrogen-bond acceptors (Lipinski definition) is 1. The van der Waals surface area contributed by atoms with Crippen molar-refractivity contribution in [2.24, 2.45) is 29.6 Å². The average Bonchev–Trinajstić information content (AvgIpc) is 2.75. The Bertz CT molecular complexity index is 243. The molecule has 1 heteroatoms. The molecule has 0 aromatic rings. The van der Waals surface area contributed by atoms with Crippen LogP contribution in [-0.2, 0) is 4.79 Å². The van der Waals surface area contributed by atoms with Crippen LogP contribution in [0.2, 0.25) is 0 Å². The predicted molar refractivity (Wildman–Crippen MR) is 46.5 cm³/mol. The van der Waals surface area contributed by atoms with Gasteiger partial charge < -0.3 is 4.79 Å². The second-order valence-corrected chi connectivity index (χ2v) is 4.60. The lowest BCUT2D eigenvalue weighted by Crippen LogP contribution is -2.24.